The highest BCUT2D eigenvalue weighted by atomic mass is 16.5. The van der Waals surface area contributed by atoms with E-state index in [0.717, 1.165) is 12.8 Å². The van der Waals surface area contributed by atoms with Gasteiger partial charge in [-0.2, -0.15) is 0 Å². The van der Waals surface area contributed by atoms with E-state index in [1.54, 1.807) is 25.3 Å². The molecule has 0 spiro atoms. The Bertz CT molecular complexity index is 834. The number of nitrogens with zero attached hydrogens (tertiary/aromatic N) is 1. The number of fused-ring (bicyclic) bond motifs is 1. The summed E-state index contributed by atoms with van der Waals surface area (Å²) in [4.78, 5) is 38.9. The van der Waals surface area contributed by atoms with Crippen LogP contribution in [0.3, 0.4) is 0 Å². The smallest absolute Gasteiger partial charge is 0.319 e. The number of hydrogen-bond acceptors (Lipinski definition) is 5. The molecule has 0 atom stereocenters. The van der Waals surface area contributed by atoms with Crippen molar-refractivity contribution in [3.05, 3.63) is 29.3 Å². The first-order valence-electron chi connectivity index (χ1n) is 10.4. The third-order valence-electron chi connectivity index (χ3n) is 5.48. The zero-order chi connectivity index (χ0) is 22.1. The summed E-state index contributed by atoms with van der Waals surface area (Å²) in [5.41, 5.74) is 1.02. The lowest BCUT2D eigenvalue weighted by atomic mass is 9.80. The van der Waals surface area contributed by atoms with Gasteiger partial charge < -0.3 is 20.7 Å². The maximum atomic E-state index is 12.6. The molecule has 1 aromatic rings. The molecule has 0 aromatic heterocycles. The average molecular weight is 417 g/mol. The normalized spacial score (nSPS) is 20.2. The largest absolute Gasteiger partial charge is 0.385 e. The van der Waals surface area contributed by atoms with E-state index in [1.807, 2.05) is 0 Å². The molecule has 2 aliphatic heterocycles. The highest BCUT2D eigenvalue weighted by Crippen LogP contribution is 2.29. The summed E-state index contributed by atoms with van der Waals surface area (Å²) in [6.45, 7) is 9.30. The topological polar surface area (TPSA) is 99.8 Å². The molecule has 2 aliphatic rings. The minimum atomic E-state index is -0.336. The summed E-state index contributed by atoms with van der Waals surface area (Å²) >= 11 is 0. The van der Waals surface area contributed by atoms with E-state index in [0.29, 0.717) is 36.4 Å². The highest BCUT2D eigenvalue weighted by Gasteiger charge is 2.38. The number of anilines is 1. The lowest BCUT2D eigenvalue weighted by Gasteiger charge is -2.46. The summed E-state index contributed by atoms with van der Waals surface area (Å²) in [6.07, 6.45) is 2.22. The first kappa shape index (κ1) is 22.2. The molecular weight excluding hydrogens is 384 g/mol. The van der Waals surface area contributed by atoms with Crippen LogP contribution in [-0.4, -0.2) is 60.1 Å². The maximum absolute atomic E-state index is 12.6. The number of carbonyl (C=O) groups is 3. The van der Waals surface area contributed by atoms with Gasteiger partial charge in [-0.1, -0.05) is 0 Å². The van der Waals surface area contributed by atoms with Crippen LogP contribution < -0.4 is 16.0 Å². The summed E-state index contributed by atoms with van der Waals surface area (Å²) < 4.78 is 4.99. The van der Waals surface area contributed by atoms with Gasteiger partial charge in [0.2, 0.25) is 0 Å². The van der Waals surface area contributed by atoms with Crippen molar-refractivity contribution >= 4 is 23.5 Å². The van der Waals surface area contributed by atoms with Crippen molar-refractivity contribution < 1.29 is 19.1 Å². The molecule has 30 heavy (non-hydrogen) atoms. The number of benzene rings is 1. The van der Waals surface area contributed by atoms with E-state index >= 15 is 0 Å². The van der Waals surface area contributed by atoms with Gasteiger partial charge in [-0.3, -0.25) is 14.5 Å². The number of ether oxygens (including phenoxy) is 1. The van der Waals surface area contributed by atoms with Crippen molar-refractivity contribution in [2.45, 2.75) is 64.1 Å². The van der Waals surface area contributed by atoms with E-state index in [-0.39, 0.29) is 35.0 Å². The van der Waals surface area contributed by atoms with Crippen molar-refractivity contribution in [1.82, 2.24) is 15.5 Å². The second-order valence-corrected chi connectivity index (χ2v) is 9.47. The number of piperidine rings is 1. The SMILES string of the molecule is COCCCN1C(=O)c2ccc(NC(=O)NC3CC(C)(C)NC(C)(C)C3)cc2C1=O. The monoisotopic (exact) mass is 416 g/mol. The number of nitrogens with one attached hydrogen (secondary N) is 3. The van der Waals surface area contributed by atoms with Crippen molar-refractivity contribution in [2.24, 2.45) is 0 Å². The van der Waals surface area contributed by atoms with Crippen molar-refractivity contribution in [3.8, 4) is 0 Å². The standard InChI is InChI=1S/C22H32N4O4/c1-21(2)12-15(13-22(3,4)25-21)24-20(29)23-14-7-8-16-17(11-14)19(28)26(18(16)27)9-6-10-30-5/h7-8,11,15,25H,6,9-10,12-13H2,1-5H3,(H2,23,24,29). The third kappa shape index (κ3) is 4.99. The molecule has 0 aliphatic carbocycles. The first-order chi connectivity index (χ1) is 14.0. The summed E-state index contributed by atoms with van der Waals surface area (Å²) in [5.74, 6) is -0.640. The molecule has 8 heteroatoms. The van der Waals surface area contributed by atoms with Gasteiger partial charge in [-0.05, 0) is 65.2 Å². The molecule has 0 bridgehead atoms. The molecule has 1 aromatic carbocycles. The zero-order valence-corrected chi connectivity index (χ0v) is 18.4. The van der Waals surface area contributed by atoms with Crippen LogP contribution in [0.15, 0.2) is 18.2 Å². The lowest BCUT2D eigenvalue weighted by molar-refractivity contribution is 0.0638. The fraction of sp³-hybridized carbons (Fsp3) is 0.591. The Morgan fingerprint density at radius 2 is 1.77 bits per heavy atom. The molecular formula is C22H32N4O4. The number of methoxy groups -OCH3 is 1. The Balaban J connectivity index is 1.64. The van der Waals surface area contributed by atoms with E-state index in [4.69, 9.17) is 4.74 Å². The van der Waals surface area contributed by atoms with E-state index in [9.17, 15) is 14.4 Å². The van der Waals surface area contributed by atoms with Gasteiger partial charge in [0.25, 0.3) is 11.8 Å². The van der Waals surface area contributed by atoms with Gasteiger partial charge in [0.1, 0.15) is 0 Å². The number of amides is 4. The van der Waals surface area contributed by atoms with Crippen molar-refractivity contribution in [3.63, 3.8) is 0 Å². The Kier molecular flexibility index (Phi) is 6.19. The minimum Gasteiger partial charge on any atom is -0.385 e. The van der Waals surface area contributed by atoms with Gasteiger partial charge in [0.05, 0.1) is 11.1 Å². The summed E-state index contributed by atoms with van der Waals surface area (Å²) in [5, 5.41) is 9.44. The van der Waals surface area contributed by atoms with Crippen LogP contribution in [0.5, 0.6) is 0 Å². The molecule has 8 nitrogen and oxygen atoms in total. The molecule has 3 rings (SSSR count). The number of urea groups is 1. The van der Waals surface area contributed by atoms with Crippen molar-refractivity contribution in [2.75, 3.05) is 25.6 Å². The number of hydrogen-bond donors (Lipinski definition) is 3. The fourth-order valence-corrected chi connectivity index (χ4v) is 4.72. The molecule has 1 fully saturated rings. The van der Waals surface area contributed by atoms with Crippen LogP contribution in [0.25, 0.3) is 0 Å². The second-order valence-electron chi connectivity index (χ2n) is 9.47. The molecule has 0 unspecified atom stereocenters. The summed E-state index contributed by atoms with van der Waals surface area (Å²) in [6, 6.07) is 4.53. The fourth-order valence-electron chi connectivity index (χ4n) is 4.72. The Hall–Kier alpha value is -2.45. The number of rotatable bonds is 6. The van der Waals surface area contributed by atoms with E-state index < -0.39 is 0 Å². The minimum absolute atomic E-state index is 0.0326. The van der Waals surface area contributed by atoms with Crippen LogP contribution in [0.1, 0.15) is 67.7 Å². The van der Waals surface area contributed by atoms with Gasteiger partial charge in [-0.15, -0.1) is 0 Å². The zero-order valence-electron chi connectivity index (χ0n) is 18.4. The van der Waals surface area contributed by atoms with Crippen LogP contribution in [-0.2, 0) is 4.74 Å². The van der Waals surface area contributed by atoms with Crippen LogP contribution in [0.2, 0.25) is 0 Å². The highest BCUT2D eigenvalue weighted by molar-refractivity contribution is 6.21. The van der Waals surface area contributed by atoms with Gasteiger partial charge in [-0.25, -0.2) is 4.79 Å². The lowest BCUT2D eigenvalue weighted by Crippen LogP contribution is -2.62. The Labute approximate surface area is 177 Å². The Morgan fingerprint density at radius 1 is 1.13 bits per heavy atom. The molecule has 0 saturated carbocycles. The third-order valence-corrected chi connectivity index (χ3v) is 5.48. The van der Waals surface area contributed by atoms with Gasteiger partial charge in [0, 0.05) is 43.1 Å². The molecule has 0 radical (unpaired) electrons. The molecule has 2 heterocycles. The van der Waals surface area contributed by atoms with Crippen molar-refractivity contribution in [1.29, 1.82) is 0 Å². The van der Waals surface area contributed by atoms with Gasteiger partial charge >= 0.3 is 6.03 Å². The quantitative estimate of drug-likeness (QED) is 0.489. The van der Waals surface area contributed by atoms with Crippen LogP contribution in [0.4, 0.5) is 10.5 Å². The molecule has 164 valence electrons. The summed E-state index contributed by atoms with van der Waals surface area (Å²) in [7, 11) is 1.58. The predicted octanol–water partition coefficient (Wildman–Crippen LogP) is 2.75. The number of imide groups is 1. The van der Waals surface area contributed by atoms with Gasteiger partial charge in [0.15, 0.2) is 0 Å². The van der Waals surface area contributed by atoms with E-state index in [2.05, 4.69) is 43.6 Å². The van der Waals surface area contributed by atoms with E-state index in [1.165, 1.54) is 4.90 Å². The number of carbonyl (C=O) groups excluding carboxylic acids is 3. The predicted molar refractivity (Wildman–Crippen MR) is 115 cm³/mol. The molecule has 3 N–H and O–H groups in total. The van der Waals surface area contributed by atoms with Crippen LogP contribution in [0, 0.1) is 0 Å². The molecule has 1 saturated heterocycles. The average Bonchev–Trinajstić information content (AvgIpc) is 2.83. The molecule has 4 amide bonds. The maximum Gasteiger partial charge on any atom is 0.319 e. The Morgan fingerprint density at radius 3 is 2.40 bits per heavy atom. The second kappa shape index (κ2) is 8.35. The van der Waals surface area contributed by atoms with Crippen LogP contribution >= 0.6 is 0 Å². The first-order valence-corrected chi connectivity index (χ1v) is 10.4.